The second-order valence-electron chi connectivity index (χ2n) is 2.84. The van der Waals surface area contributed by atoms with Gasteiger partial charge in [-0.15, -0.1) is 0 Å². The summed E-state index contributed by atoms with van der Waals surface area (Å²) < 4.78 is 13.1. The van der Waals surface area contributed by atoms with Gasteiger partial charge >= 0.3 is 5.69 Å². The van der Waals surface area contributed by atoms with Crippen LogP contribution in [0.5, 0.6) is 0 Å². The monoisotopic (exact) mass is 261 g/mol. The molecular weight excluding hydrogens is 253 g/mol. The predicted octanol–water partition coefficient (Wildman–Crippen LogP) is 3.58. The third kappa shape index (κ3) is 2.29. The summed E-state index contributed by atoms with van der Waals surface area (Å²) in [6.45, 7) is 1.94. The van der Waals surface area contributed by atoms with Crippen molar-refractivity contribution in [3.05, 3.63) is 39.7 Å². The molecule has 0 aliphatic carbocycles. The number of hydrogen-bond acceptors (Lipinski definition) is 2. The van der Waals surface area contributed by atoms with Gasteiger partial charge in [0.2, 0.25) is 5.82 Å². The van der Waals surface area contributed by atoms with Crippen molar-refractivity contribution in [3.8, 4) is 0 Å². The van der Waals surface area contributed by atoms with Gasteiger partial charge in [0.05, 0.1) is 4.92 Å². The number of nitro benzene ring substituents is 1. The fourth-order valence-corrected chi connectivity index (χ4v) is 1.39. The van der Waals surface area contributed by atoms with Gasteiger partial charge in [0.25, 0.3) is 0 Å². The number of hydrogen-bond donors (Lipinski definition) is 0. The van der Waals surface area contributed by atoms with Crippen LogP contribution < -0.4 is 0 Å². The van der Waals surface area contributed by atoms with Gasteiger partial charge in [-0.2, -0.15) is 4.39 Å². The maximum Gasteiger partial charge on any atom is 0.304 e. The summed E-state index contributed by atoms with van der Waals surface area (Å²) in [6, 6.07) is 3.94. The Morgan fingerprint density at radius 3 is 2.71 bits per heavy atom. The number of halogens is 2. The van der Waals surface area contributed by atoms with E-state index in [0.29, 0.717) is 0 Å². The highest BCUT2D eigenvalue weighted by molar-refractivity contribution is 9.09. The van der Waals surface area contributed by atoms with Crippen LogP contribution in [0.1, 0.15) is 23.7 Å². The Hall–Kier alpha value is -0.970. The van der Waals surface area contributed by atoms with Crippen LogP contribution in [0, 0.1) is 15.9 Å². The van der Waals surface area contributed by atoms with E-state index in [1.54, 1.807) is 6.07 Å². The molecule has 0 radical (unpaired) electrons. The summed E-state index contributed by atoms with van der Waals surface area (Å²) in [5.41, 5.74) is 0.236. The number of nitrogens with zero attached hydrogens (tertiary/aromatic N) is 1. The third-order valence-corrected chi connectivity index (χ3v) is 3.06. The van der Waals surface area contributed by atoms with Crippen molar-refractivity contribution < 1.29 is 9.31 Å². The van der Waals surface area contributed by atoms with Crippen LogP contribution in [0.4, 0.5) is 10.1 Å². The molecule has 0 N–H and O–H groups in total. The molecule has 3 nitrogen and oxygen atoms in total. The molecule has 1 rings (SSSR count). The number of rotatable bonds is 3. The lowest BCUT2D eigenvalue weighted by atomic mass is 10.1. The maximum absolute atomic E-state index is 13.1. The lowest BCUT2D eigenvalue weighted by molar-refractivity contribution is -0.387. The quantitative estimate of drug-likeness (QED) is 0.474. The fourth-order valence-electron chi connectivity index (χ4n) is 1.10. The van der Waals surface area contributed by atoms with Gasteiger partial charge in [0.15, 0.2) is 0 Å². The van der Waals surface area contributed by atoms with E-state index in [1.165, 1.54) is 12.1 Å². The SMILES string of the molecule is CCC(Br)c1ccc([N+](=O)[O-])c(F)c1. The van der Waals surface area contributed by atoms with E-state index in [1.807, 2.05) is 6.92 Å². The Morgan fingerprint density at radius 2 is 2.29 bits per heavy atom. The van der Waals surface area contributed by atoms with E-state index < -0.39 is 16.4 Å². The van der Waals surface area contributed by atoms with Crippen molar-refractivity contribution in [2.75, 3.05) is 0 Å². The molecule has 14 heavy (non-hydrogen) atoms. The van der Waals surface area contributed by atoms with Gasteiger partial charge in [-0.25, -0.2) is 0 Å². The molecule has 0 fully saturated rings. The van der Waals surface area contributed by atoms with Crippen LogP contribution in [0.25, 0.3) is 0 Å². The van der Waals surface area contributed by atoms with E-state index in [0.717, 1.165) is 12.0 Å². The van der Waals surface area contributed by atoms with Crippen LogP contribution in [0.15, 0.2) is 18.2 Å². The standard InChI is InChI=1S/C9H9BrFNO2/c1-2-7(10)6-3-4-9(12(13)14)8(11)5-6/h3-5,7H,2H2,1H3. The summed E-state index contributed by atoms with van der Waals surface area (Å²) in [5.74, 6) is -0.787. The van der Waals surface area contributed by atoms with Gasteiger partial charge in [-0.3, -0.25) is 10.1 Å². The van der Waals surface area contributed by atoms with E-state index in [2.05, 4.69) is 15.9 Å². The van der Waals surface area contributed by atoms with Crippen molar-refractivity contribution in [2.24, 2.45) is 0 Å². The second kappa shape index (κ2) is 4.50. The zero-order chi connectivity index (χ0) is 10.7. The van der Waals surface area contributed by atoms with Gasteiger partial charge in [0, 0.05) is 10.9 Å². The molecule has 0 saturated carbocycles. The second-order valence-corrected chi connectivity index (χ2v) is 3.95. The van der Waals surface area contributed by atoms with E-state index >= 15 is 0 Å². The maximum atomic E-state index is 13.1. The average Bonchev–Trinajstić information content (AvgIpc) is 2.15. The van der Waals surface area contributed by atoms with Crippen LogP contribution in [-0.2, 0) is 0 Å². The molecule has 0 aliphatic heterocycles. The topological polar surface area (TPSA) is 43.1 Å². The summed E-state index contributed by atoms with van der Waals surface area (Å²) in [7, 11) is 0. The Bertz CT molecular complexity index is 357. The van der Waals surface area contributed by atoms with Crippen LogP contribution in [-0.4, -0.2) is 4.92 Å². The third-order valence-electron chi connectivity index (χ3n) is 1.89. The summed E-state index contributed by atoms with van der Waals surface area (Å²) in [6.07, 6.45) is 0.803. The molecular formula is C9H9BrFNO2. The van der Waals surface area contributed by atoms with Crippen molar-refractivity contribution in [1.29, 1.82) is 0 Å². The molecule has 0 spiro atoms. The number of nitro groups is 1. The lowest BCUT2D eigenvalue weighted by Crippen LogP contribution is -1.95. The van der Waals surface area contributed by atoms with E-state index in [4.69, 9.17) is 0 Å². The largest absolute Gasteiger partial charge is 0.304 e. The molecule has 0 aromatic heterocycles. The molecule has 1 unspecified atom stereocenters. The smallest absolute Gasteiger partial charge is 0.258 e. The lowest BCUT2D eigenvalue weighted by Gasteiger charge is -2.06. The van der Waals surface area contributed by atoms with Crippen molar-refractivity contribution >= 4 is 21.6 Å². The highest BCUT2D eigenvalue weighted by Gasteiger charge is 2.15. The molecule has 5 heteroatoms. The first kappa shape index (κ1) is 11.1. The van der Waals surface area contributed by atoms with Crippen molar-refractivity contribution in [3.63, 3.8) is 0 Å². The molecule has 0 heterocycles. The fraction of sp³-hybridized carbons (Fsp3) is 0.333. The normalized spacial score (nSPS) is 12.5. The van der Waals surface area contributed by atoms with Crippen LogP contribution in [0.3, 0.4) is 0 Å². The minimum atomic E-state index is -0.787. The Labute approximate surface area is 89.2 Å². The van der Waals surface area contributed by atoms with Crippen LogP contribution >= 0.6 is 15.9 Å². The molecule has 0 bridgehead atoms. The Kier molecular flexibility index (Phi) is 3.57. The predicted molar refractivity (Wildman–Crippen MR) is 55.0 cm³/mol. The molecule has 0 aliphatic rings. The van der Waals surface area contributed by atoms with Crippen molar-refractivity contribution in [2.45, 2.75) is 18.2 Å². The number of benzene rings is 1. The van der Waals surface area contributed by atoms with Crippen molar-refractivity contribution in [1.82, 2.24) is 0 Å². The number of alkyl halides is 1. The zero-order valence-corrected chi connectivity index (χ0v) is 9.12. The molecule has 1 aromatic carbocycles. The van der Waals surface area contributed by atoms with E-state index in [9.17, 15) is 14.5 Å². The zero-order valence-electron chi connectivity index (χ0n) is 7.54. The van der Waals surface area contributed by atoms with Gasteiger partial charge < -0.3 is 0 Å². The first-order valence-electron chi connectivity index (χ1n) is 4.14. The van der Waals surface area contributed by atoms with Gasteiger partial charge in [0.1, 0.15) is 0 Å². The molecule has 0 saturated heterocycles. The highest BCUT2D eigenvalue weighted by atomic mass is 79.9. The first-order valence-corrected chi connectivity index (χ1v) is 5.05. The molecule has 76 valence electrons. The van der Waals surface area contributed by atoms with E-state index in [-0.39, 0.29) is 4.83 Å². The highest BCUT2D eigenvalue weighted by Crippen LogP contribution is 2.29. The molecule has 1 atom stereocenters. The first-order chi connectivity index (χ1) is 6.56. The Balaban J connectivity index is 3.06. The molecule has 0 amide bonds. The minimum absolute atomic E-state index is 0.0396. The summed E-state index contributed by atoms with van der Waals surface area (Å²) >= 11 is 3.34. The summed E-state index contributed by atoms with van der Waals surface area (Å²) in [4.78, 5) is 9.64. The average molecular weight is 262 g/mol. The van der Waals surface area contributed by atoms with Gasteiger partial charge in [-0.1, -0.05) is 28.9 Å². The van der Waals surface area contributed by atoms with Crippen LogP contribution in [0.2, 0.25) is 0 Å². The molecule has 1 aromatic rings. The summed E-state index contributed by atoms with van der Waals surface area (Å²) in [5, 5.41) is 10.3. The Morgan fingerprint density at radius 1 is 1.64 bits per heavy atom. The minimum Gasteiger partial charge on any atom is -0.258 e. The van der Waals surface area contributed by atoms with Gasteiger partial charge in [-0.05, 0) is 18.1 Å².